The van der Waals surface area contributed by atoms with Gasteiger partial charge in [-0.3, -0.25) is 4.79 Å². The maximum Gasteiger partial charge on any atom is 0.160 e. The van der Waals surface area contributed by atoms with Crippen LogP contribution in [0.1, 0.15) is 49.2 Å². The molecule has 0 aliphatic heterocycles. The molecule has 15 heavy (non-hydrogen) atoms. The molecule has 0 heterocycles. The van der Waals surface area contributed by atoms with Gasteiger partial charge in [0.15, 0.2) is 5.78 Å². The molecule has 0 spiro atoms. The predicted molar refractivity (Wildman–Crippen MR) is 67.2 cm³/mol. The highest BCUT2D eigenvalue weighted by atomic mass is 16.1. The van der Waals surface area contributed by atoms with Crippen molar-refractivity contribution < 1.29 is 4.79 Å². The Labute approximate surface area is 92.8 Å². The number of ketones is 1. The van der Waals surface area contributed by atoms with E-state index in [9.17, 15) is 4.79 Å². The molecule has 1 nitrogen and oxygen atoms in total. The fraction of sp³-hybridized carbons (Fsp3) is 0.357. The van der Waals surface area contributed by atoms with E-state index in [-0.39, 0.29) is 5.78 Å². The number of hydrogen-bond donors (Lipinski definition) is 0. The molecule has 1 heteroatoms. The molecular weight excluding hydrogens is 184 g/mol. The fourth-order valence-electron chi connectivity index (χ4n) is 1.38. The van der Waals surface area contributed by atoms with Gasteiger partial charge in [0, 0.05) is 5.56 Å². The Morgan fingerprint density at radius 3 is 2.33 bits per heavy atom. The standard InChI is InChI=1S/C12H14O.C2H6/c1-4-6-11-9(2)7-5-8-12(11)10(3)13;1-2/h4-8H,1-3H3;1-2H3/b6-4-;. The van der Waals surface area contributed by atoms with Gasteiger partial charge in [-0.25, -0.2) is 0 Å². The van der Waals surface area contributed by atoms with Gasteiger partial charge in [-0.15, -0.1) is 0 Å². The van der Waals surface area contributed by atoms with Crippen molar-refractivity contribution in [1.29, 1.82) is 0 Å². The van der Waals surface area contributed by atoms with E-state index in [1.54, 1.807) is 6.92 Å². The van der Waals surface area contributed by atoms with Gasteiger partial charge in [0.25, 0.3) is 0 Å². The number of carbonyl (C=O) groups is 1. The maximum atomic E-state index is 11.3. The second-order valence-corrected chi connectivity index (χ2v) is 3.09. The van der Waals surface area contributed by atoms with Gasteiger partial charge in [-0.05, 0) is 31.9 Å². The first-order chi connectivity index (χ1) is 7.16. The van der Waals surface area contributed by atoms with Gasteiger partial charge in [-0.2, -0.15) is 0 Å². The van der Waals surface area contributed by atoms with Crippen LogP contribution in [0.5, 0.6) is 0 Å². The third kappa shape index (κ3) is 3.70. The lowest BCUT2D eigenvalue weighted by Gasteiger charge is -2.05. The van der Waals surface area contributed by atoms with Gasteiger partial charge in [0.05, 0.1) is 0 Å². The van der Waals surface area contributed by atoms with Crippen molar-refractivity contribution in [1.82, 2.24) is 0 Å². The average Bonchev–Trinajstić information content (AvgIpc) is 2.24. The lowest BCUT2D eigenvalue weighted by Crippen LogP contribution is -1.97. The predicted octanol–water partition coefficient (Wildman–Crippen LogP) is 4.26. The Hall–Kier alpha value is -1.37. The summed E-state index contributed by atoms with van der Waals surface area (Å²) in [6, 6.07) is 5.80. The molecule has 82 valence electrons. The molecule has 1 aromatic carbocycles. The summed E-state index contributed by atoms with van der Waals surface area (Å²) in [6.07, 6.45) is 3.93. The second kappa shape index (κ2) is 6.99. The molecular formula is C14H20O. The molecule has 0 fully saturated rings. The van der Waals surface area contributed by atoms with Crippen molar-refractivity contribution >= 4 is 11.9 Å². The summed E-state index contributed by atoms with van der Waals surface area (Å²) in [7, 11) is 0. The van der Waals surface area contributed by atoms with Crippen molar-refractivity contribution in [2.45, 2.75) is 34.6 Å². The highest BCUT2D eigenvalue weighted by Crippen LogP contribution is 2.16. The molecule has 0 bridgehead atoms. The average molecular weight is 204 g/mol. The van der Waals surface area contributed by atoms with Crippen LogP contribution >= 0.6 is 0 Å². The van der Waals surface area contributed by atoms with Gasteiger partial charge < -0.3 is 0 Å². The summed E-state index contributed by atoms with van der Waals surface area (Å²) in [6.45, 7) is 9.57. The van der Waals surface area contributed by atoms with Gasteiger partial charge in [0.2, 0.25) is 0 Å². The molecule has 0 aliphatic rings. The molecule has 0 saturated carbocycles. The minimum Gasteiger partial charge on any atom is -0.294 e. The lowest BCUT2D eigenvalue weighted by molar-refractivity contribution is 0.101. The van der Waals surface area contributed by atoms with Crippen molar-refractivity contribution in [3.8, 4) is 0 Å². The quantitative estimate of drug-likeness (QED) is 0.658. The number of aryl methyl sites for hydroxylation is 1. The van der Waals surface area contributed by atoms with E-state index in [0.717, 1.165) is 16.7 Å². The van der Waals surface area contributed by atoms with Gasteiger partial charge in [-0.1, -0.05) is 44.2 Å². The van der Waals surface area contributed by atoms with Crippen molar-refractivity contribution in [3.63, 3.8) is 0 Å². The first kappa shape index (κ1) is 13.6. The monoisotopic (exact) mass is 204 g/mol. The van der Waals surface area contributed by atoms with Crippen LogP contribution in [-0.2, 0) is 0 Å². The highest BCUT2D eigenvalue weighted by Gasteiger charge is 2.05. The number of rotatable bonds is 2. The Bertz CT molecular complexity index is 348. The van der Waals surface area contributed by atoms with Crippen LogP contribution in [0.2, 0.25) is 0 Å². The van der Waals surface area contributed by atoms with Crippen molar-refractivity contribution in [2.24, 2.45) is 0 Å². The largest absolute Gasteiger partial charge is 0.294 e. The molecule has 0 aliphatic carbocycles. The molecule has 1 aromatic rings. The van der Waals surface area contributed by atoms with E-state index in [1.165, 1.54) is 0 Å². The first-order valence-corrected chi connectivity index (χ1v) is 5.40. The zero-order valence-corrected chi connectivity index (χ0v) is 10.3. The third-order valence-corrected chi connectivity index (χ3v) is 2.04. The fourth-order valence-corrected chi connectivity index (χ4v) is 1.38. The molecule has 1 rings (SSSR count). The first-order valence-electron chi connectivity index (χ1n) is 5.40. The highest BCUT2D eigenvalue weighted by molar-refractivity contribution is 5.98. The molecule has 0 radical (unpaired) electrons. The van der Waals surface area contributed by atoms with E-state index >= 15 is 0 Å². The summed E-state index contributed by atoms with van der Waals surface area (Å²) in [4.78, 5) is 11.3. The molecule has 0 saturated heterocycles. The number of hydrogen-bond acceptors (Lipinski definition) is 1. The summed E-state index contributed by atoms with van der Waals surface area (Å²) in [5.41, 5.74) is 2.99. The zero-order valence-electron chi connectivity index (χ0n) is 10.3. The Morgan fingerprint density at radius 1 is 1.27 bits per heavy atom. The number of carbonyl (C=O) groups excluding carboxylic acids is 1. The summed E-state index contributed by atoms with van der Waals surface area (Å²) in [5.74, 6) is 0.122. The molecule has 0 aromatic heterocycles. The topological polar surface area (TPSA) is 17.1 Å². The molecule has 0 amide bonds. The Balaban J connectivity index is 0.000000921. The van der Waals surface area contributed by atoms with E-state index in [1.807, 2.05) is 58.0 Å². The normalized spacial score (nSPS) is 9.67. The Kier molecular flexibility index (Phi) is 6.35. The van der Waals surface area contributed by atoms with Crippen LogP contribution in [0.3, 0.4) is 0 Å². The summed E-state index contributed by atoms with van der Waals surface area (Å²) < 4.78 is 0. The minimum absolute atomic E-state index is 0.122. The molecule has 0 N–H and O–H groups in total. The van der Waals surface area contributed by atoms with Gasteiger partial charge >= 0.3 is 0 Å². The van der Waals surface area contributed by atoms with E-state index in [4.69, 9.17) is 0 Å². The van der Waals surface area contributed by atoms with E-state index in [2.05, 4.69) is 0 Å². The number of Topliss-reactive ketones (excluding diaryl/α,β-unsaturated/α-hetero) is 1. The van der Waals surface area contributed by atoms with E-state index in [0.29, 0.717) is 0 Å². The van der Waals surface area contributed by atoms with Gasteiger partial charge in [0.1, 0.15) is 0 Å². The van der Waals surface area contributed by atoms with Crippen LogP contribution in [0.15, 0.2) is 24.3 Å². The Morgan fingerprint density at radius 2 is 1.87 bits per heavy atom. The van der Waals surface area contributed by atoms with Crippen LogP contribution in [0.25, 0.3) is 6.08 Å². The van der Waals surface area contributed by atoms with Crippen LogP contribution in [-0.4, -0.2) is 5.78 Å². The third-order valence-electron chi connectivity index (χ3n) is 2.04. The number of allylic oxidation sites excluding steroid dienone is 1. The summed E-state index contributed by atoms with van der Waals surface area (Å²) in [5, 5.41) is 0. The zero-order chi connectivity index (χ0) is 11.8. The number of benzene rings is 1. The summed E-state index contributed by atoms with van der Waals surface area (Å²) >= 11 is 0. The maximum absolute atomic E-state index is 11.3. The SMILES string of the molecule is C/C=C\c1c(C)cccc1C(C)=O.CC. The van der Waals surface area contributed by atoms with Crippen LogP contribution in [0, 0.1) is 6.92 Å². The van der Waals surface area contributed by atoms with Crippen LogP contribution < -0.4 is 0 Å². The lowest BCUT2D eigenvalue weighted by atomic mass is 9.99. The smallest absolute Gasteiger partial charge is 0.160 e. The molecule has 0 unspecified atom stereocenters. The second-order valence-electron chi connectivity index (χ2n) is 3.09. The van der Waals surface area contributed by atoms with Crippen LogP contribution in [0.4, 0.5) is 0 Å². The van der Waals surface area contributed by atoms with Crippen molar-refractivity contribution in [2.75, 3.05) is 0 Å². The van der Waals surface area contributed by atoms with E-state index < -0.39 is 0 Å². The van der Waals surface area contributed by atoms with Crippen molar-refractivity contribution in [3.05, 3.63) is 41.0 Å². The molecule has 0 atom stereocenters. The minimum atomic E-state index is 0.122.